The molecule has 0 amide bonds. The van der Waals surface area contributed by atoms with Gasteiger partial charge in [-0.1, -0.05) is 17.7 Å². The normalized spacial score (nSPS) is 12.1. The number of hydrogen-bond acceptors (Lipinski definition) is 4. The first-order valence-electron chi connectivity index (χ1n) is 5.87. The summed E-state index contributed by atoms with van der Waals surface area (Å²) >= 11 is 6.12. The summed E-state index contributed by atoms with van der Waals surface area (Å²) in [5, 5.41) is 20.6. The topological polar surface area (TPSA) is 66.5 Å². The Balaban J connectivity index is 2.03. The lowest BCUT2D eigenvalue weighted by atomic mass is 10.1. The Hall–Kier alpha value is -1.90. The third kappa shape index (κ3) is 3.11. The molecule has 0 bridgehead atoms. The Bertz CT molecular complexity index is 614. The van der Waals surface area contributed by atoms with Crippen molar-refractivity contribution in [3.8, 4) is 6.07 Å². The van der Waals surface area contributed by atoms with Gasteiger partial charge in [-0.25, -0.2) is 0 Å². The minimum atomic E-state index is 0.0687. The molecule has 1 unspecified atom stereocenters. The van der Waals surface area contributed by atoms with Gasteiger partial charge in [-0.05, 0) is 24.6 Å². The summed E-state index contributed by atoms with van der Waals surface area (Å²) in [4.78, 5) is 0. The summed E-state index contributed by atoms with van der Waals surface area (Å²) in [7, 11) is 1.90. The molecule has 5 nitrogen and oxygen atoms in total. The number of halogens is 1. The molecule has 98 valence electrons. The van der Waals surface area contributed by atoms with Crippen molar-refractivity contribution in [1.82, 2.24) is 20.1 Å². The number of nitriles is 1. The summed E-state index contributed by atoms with van der Waals surface area (Å²) in [5.74, 6) is 0.866. The van der Waals surface area contributed by atoms with Gasteiger partial charge in [-0.2, -0.15) is 5.26 Å². The van der Waals surface area contributed by atoms with Gasteiger partial charge in [0.1, 0.15) is 12.2 Å². The first-order chi connectivity index (χ1) is 9.11. The quantitative estimate of drug-likeness (QED) is 0.929. The molecule has 0 fully saturated rings. The van der Waals surface area contributed by atoms with E-state index < -0.39 is 0 Å². The highest BCUT2D eigenvalue weighted by Gasteiger charge is 2.11. The maximum absolute atomic E-state index is 8.78. The zero-order valence-electron chi connectivity index (χ0n) is 10.8. The average molecular weight is 276 g/mol. The molecule has 0 spiro atoms. The molecule has 0 aliphatic carbocycles. The van der Waals surface area contributed by atoms with Gasteiger partial charge in [-0.15, -0.1) is 10.2 Å². The van der Waals surface area contributed by atoms with Crippen LogP contribution in [0.3, 0.4) is 0 Å². The van der Waals surface area contributed by atoms with Crippen LogP contribution < -0.4 is 5.32 Å². The second-order valence-electron chi connectivity index (χ2n) is 4.32. The predicted octanol–water partition coefficient (Wildman–Crippen LogP) is 2.19. The van der Waals surface area contributed by atoms with Gasteiger partial charge in [0.2, 0.25) is 0 Å². The SMILES string of the molecule is CC(NCc1ccc(C#N)cc1Cl)c1nncn1C. The number of nitrogens with one attached hydrogen (secondary N) is 1. The van der Waals surface area contributed by atoms with Crippen LogP contribution in [0.5, 0.6) is 0 Å². The molecule has 6 heteroatoms. The molecule has 19 heavy (non-hydrogen) atoms. The molecule has 1 atom stereocenters. The van der Waals surface area contributed by atoms with Crippen molar-refractivity contribution in [3.05, 3.63) is 46.5 Å². The molecule has 0 saturated carbocycles. The van der Waals surface area contributed by atoms with Crippen LogP contribution >= 0.6 is 11.6 Å². The minimum absolute atomic E-state index is 0.0687. The molecule has 0 radical (unpaired) electrons. The largest absolute Gasteiger partial charge is 0.319 e. The van der Waals surface area contributed by atoms with Gasteiger partial charge in [0.25, 0.3) is 0 Å². The molecule has 1 aromatic carbocycles. The van der Waals surface area contributed by atoms with E-state index in [0.717, 1.165) is 11.4 Å². The zero-order chi connectivity index (χ0) is 13.8. The Kier molecular flexibility index (Phi) is 4.15. The van der Waals surface area contributed by atoms with E-state index in [-0.39, 0.29) is 6.04 Å². The van der Waals surface area contributed by atoms with E-state index in [2.05, 4.69) is 21.6 Å². The van der Waals surface area contributed by atoms with Crippen molar-refractivity contribution in [1.29, 1.82) is 5.26 Å². The average Bonchev–Trinajstić information content (AvgIpc) is 2.83. The molecular formula is C13H14ClN5. The van der Waals surface area contributed by atoms with Crippen LogP contribution in [0, 0.1) is 11.3 Å². The monoisotopic (exact) mass is 275 g/mol. The summed E-state index contributed by atoms with van der Waals surface area (Å²) in [6, 6.07) is 7.42. The van der Waals surface area contributed by atoms with Crippen molar-refractivity contribution in [2.24, 2.45) is 7.05 Å². The maximum atomic E-state index is 8.78. The maximum Gasteiger partial charge on any atom is 0.149 e. The van der Waals surface area contributed by atoms with Crippen LogP contribution in [0.4, 0.5) is 0 Å². The number of aromatic nitrogens is 3. The third-order valence-corrected chi connectivity index (χ3v) is 3.27. The van der Waals surface area contributed by atoms with Crippen molar-refractivity contribution in [2.75, 3.05) is 0 Å². The van der Waals surface area contributed by atoms with E-state index in [1.807, 2.05) is 24.6 Å². The Morgan fingerprint density at radius 1 is 1.53 bits per heavy atom. The Morgan fingerprint density at radius 3 is 2.89 bits per heavy atom. The molecule has 1 aromatic heterocycles. The van der Waals surface area contributed by atoms with E-state index in [4.69, 9.17) is 16.9 Å². The fourth-order valence-corrected chi connectivity index (χ4v) is 2.05. The lowest BCUT2D eigenvalue weighted by Crippen LogP contribution is -2.21. The van der Waals surface area contributed by atoms with E-state index in [0.29, 0.717) is 17.1 Å². The van der Waals surface area contributed by atoms with Gasteiger partial charge in [-0.3, -0.25) is 0 Å². The smallest absolute Gasteiger partial charge is 0.149 e. The van der Waals surface area contributed by atoms with Crippen LogP contribution in [-0.2, 0) is 13.6 Å². The van der Waals surface area contributed by atoms with Crippen LogP contribution in [0.2, 0.25) is 5.02 Å². The van der Waals surface area contributed by atoms with E-state index in [9.17, 15) is 0 Å². The Labute approximate surface area is 116 Å². The van der Waals surface area contributed by atoms with Gasteiger partial charge >= 0.3 is 0 Å². The van der Waals surface area contributed by atoms with Crippen molar-refractivity contribution in [3.63, 3.8) is 0 Å². The Morgan fingerprint density at radius 2 is 2.32 bits per heavy atom. The first kappa shape index (κ1) is 13.5. The van der Waals surface area contributed by atoms with Crippen LogP contribution in [-0.4, -0.2) is 14.8 Å². The summed E-state index contributed by atoms with van der Waals surface area (Å²) in [6.07, 6.45) is 1.67. The first-order valence-corrected chi connectivity index (χ1v) is 6.25. The number of nitrogens with zero attached hydrogens (tertiary/aromatic N) is 4. The van der Waals surface area contributed by atoms with E-state index in [1.165, 1.54) is 0 Å². The molecule has 1 N–H and O–H groups in total. The second-order valence-corrected chi connectivity index (χ2v) is 4.73. The predicted molar refractivity (Wildman–Crippen MR) is 72.4 cm³/mol. The van der Waals surface area contributed by atoms with Crippen LogP contribution in [0.15, 0.2) is 24.5 Å². The van der Waals surface area contributed by atoms with Crippen LogP contribution in [0.1, 0.15) is 29.9 Å². The fourth-order valence-electron chi connectivity index (χ4n) is 1.80. The lowest BCUT2D eigenvalue weighted by Gasteiger charge is -2.13. The molecular weight excluding hydrogens is 262 g/mol. The van der Waals surface area contributed by atoms with Crippen molar-refractivity contribution >= 4 is 11.6 Å². The number of rotatable bonds is 4. The standard InChI is InChI=1S/C13H14ClN5/c1-9(13-18-17-8-19(13)2)16-7-11-4-3-10(6-15)5-12(11)14/h3-5,8-9,16H,7H2,1-2H3. The second kappa shape index (κ2) is 5.83. The van der Waals surface area contributed by atoms with Crippen LogP contribution in [0.25, 0.3) is 0 Å². The molecule has 0 aliphatic heterocycles. The number of benzene rings is 1. The number of aryl methyl sites for hydroxylation is 1. The summed E-state index contributed by atoms with van der Waals surface area (Å²) < 4.78 is 1.87. The highest BCUT2D eigenvalue weighted by Crippen LogP contribution is 2.18. The van der Waals surface area contributed by atoms with Gasteiger partial charge in [0, 0.05) is 18.6 Å². The van der Waals surface area contributed by atoms with Crippen molar-refractivity contribution in [2.45, 2.75) is 19.5 Å². The fraction of sp³-hybridized carbons (Fsp3) is 0.308. The minimum Gasteiger partial charge on any atom is -0.319 e. The molecule has 1 heterocycles. The zero-order valence-corrected chi connectivity index (χ0v) is 11.5. The van der Waals surface area contributed by atoms with E-state index >= 15 is 0 Å². The molecule has 2 rings (SSSR count). The number of hydrogen-bond donors (Lipinski definition) is 1. The third-order valence-electron chi connectivity index (χ3n) is 2.91. The highest BCUT2D eigenvalue weighted by atomic mass is 35.5. The molecule has 2 aromatic rings. The van der Waals surface area contributed by atoms with Gasteiger partial charge in [0.05, 0.1) is 17.7 Å². The summed E-state index contributed by atoms with van der Waals surface area (Å²) in [6.45, 7) is 2.63. The molecule has 0 saturated heterocycles. The van der Waals surface area contributed by atoms with E-state index in [1.54, 1.807) is 18.5 Å². The van der Waals surface area contributed by atoms with Crippen molar-refractivity contribution < 1.29 is 0 Å². The highest BCUT2D eigenvalue weighted by molar-refractivity contribution is 6.31. The summed E-state index contributed by atoms with van der Waals surface area (Å²) in [5.41, 5.74) is 1.52. The van der Waals surface area contributed by atoms with Gasteiger partial charge in [0.15, 0.2) is 0 Å². The molecule has 0 aliphatic rings. The lowest BCUT2D eigenvalue weighted by molar-refractivity contribution is 0.528. The van der Waals surface area contributed by atoms with Gasteiger partial charge < -0.3 is 9.88 Å².